The van der Waals surface area contributed by atoms with Crippen LogP contribution < -0.4 is 14.8 Å². The van der Waals surface area contributed by atoms with Gasteiger partial charge in [-0.25, -0.2) is 4.98 Å². The Balaban J connectivity index is 1.68. The van der Waals surface area contributed by atoms with Gasteiger partial charge in [0, 0.05) is 35.6 Å². The molecular weight excluding hydrogens is 296 g/mol. The fraction of sp³-hybridized carbons (Fsp3) is 0.471. The van der Waals surface area contributed by atoms with E-state index in [9.17, 15) is 0 Å². The van der Waals surface area contributed by atoms with Crippen LogP contribution >= 0.6 is 11.3 Å². The zero-order valence-electron chi connectivity index (χ0n) is 13.1. The van der Waals surface area contributed by atoms with Gasteiger partial charge < -0.3 is 14.8 Å². The van der Waals surface area contributed by atoms with E-state index in [4.69, 9.17) is 9.47 Å². The second-order valence-electron chi connectivity index (χ2n) is 5.52. The van der Waals surface area contributed by atoms with Gasteiger partial charge in [0.2, 0.25) is 0 Å². The lowest BCUT2D eigenvalue weighted by Gasteiger charge is -2.19. The van der Waals surface area contributed by atoms with E-state index in [0.29, 0.717) is 6.04 Å². The highest BCUT2D eigenvalue weighted by Crippen LogP contribution is 2.34. The molecule has 1 aromatic carbocycles. The number of hydrogen-bond acceptors (Lipinski definition) is 5. The molecular formula is C17H22N2O2S. The van der Waals surface area contributed by atoms with Crippen LogP contribution in [0.15, 0.2) is 24.4 Å². The van der Waals surface area contributed by atoms with E-state index in [1.165, 1.54) is 15.4 Å². The Labute approximate surface area is 135 Å². The number of ether oxygens (including phenoxy) is 2. The second-order valence-corrected chi connectivity index (χ2v) is 6.84. The molecule has 0 saturated heterocycles. The Morgan fingerprint density at radius 2 is 2.36 bits per heavy atom. The minimum absolute atomic E-state index is 0.314. The molecule has 3 rings (SSSR count). The fourth-order valence-corrected chi connectivity index (χ4v) is 3.55. The third kappa shape index (κ3) is 3.59. The summed E-state index contributed by atoms with van der Waals surface area (Å²) in [6.45, 7) is 3.80. The number of rotatable bonds is 5. The van der Waals surface area contributed by atoms with Crippen molar-refractivity contribution >= 4 is 11.3 Å². The molecule has 0 bridgehead atoms. The summed E-state index contributed by atoms with van der Waals surface area (Å²) >= 11 is 1.77. The van der Waals surface area contributed by atoms with Crippen molar-refractivity contribution in [1.82, 2.24) is 10.3 Å². The van der Waals surface area contributed by atoms with Crippen molar-refractivity contribution < 1.29 is 9.47 Å². The summed E-state index contributed by atoms with van der Waals surface area (Å²) in [5, 5.41) is 4.85. The van der Waals surface area contributed by atoms with Gasteiger partial charge in [-0.2, -0.15) is 0 Å². The average molecular weight is 318 g/mol. The number of aromatic nitrogens is 1. The molecule has 5 heteroatoms. The quantitative estimate of drug-likeness (QED) is 0.916. The summed E-state index contributed by atoms with van der Waals surface area (Å²) in [5.41, 5.74) is 1.20. The molecule has 4 nitrogen and oxygen atoms in total. The molecule has 0 radical (unpaired) electrons. The van der Waals surface area contributed by atoms with E-state index in [-0.39, 0.29) is 0 Å². The monoisotopic (exact) mass is 318 g/mol. The molecule has 22 heavy (non-hydrogen) atoms. The van der Waals surface area contributed by atoms with Gasteiger partial charge >= 0.3 is 0 Å². The standard InChI is InChI=1S/C17H22N2O2S/c1-12-11-19-17(22-12)7-8-18-15-4-3-9-21-16-6-5-13(20-2)10-14(15)16/h5-6,10-11,15,18H,3-4,7-9H2,1-2H3/t15-/m0/s1. The third-order valence-corrected chi connectivity index (χ3v) is 4.86. The highest BCUT2D eigenvalue weighted by atomic mass is 32.1. The van der Waals surface area contributed by atoms with Crippen LogP contribution in [0.25, 0.3) is 0 Å². The molecule has 2 heterocycles. The van der Waals surface area contributed by atoms with E-state index in [2.05, 4.69) is 23.3 Å². The van der Waals surface area contributed by atoms with Crippen molar-refractivity contribution in [3.05, 3.63) is 39.8 Å². The number of nitrogens with zero attached hydrogens (tertiary/aromatic N) is 1. The van der Waals surface area contributed by atoms with Gasteiger partial charge in [0.25, 0.3) is 0 Å². The summed E-state index contributed by atoms with van der Waals surface area (Å²) in [6, 6.07) is 6.37. The van der Waals surface area contributed by atoms with Gasteiger partial charge in [-0.1, -0.05) is 0 Å². The van der Waals surface area contributed by atoms with Crippen LogP contribution in [0.4, 0.5) is 0 Å². The van der Waals surface area contributed by atoms with E-state index < -0.39 is 0 Å². The lowest BCUT2D eigenvalue weighted by Crippen LogP contribution is -2.23. The number of aryl methyl sites for hydroxylation is 1. The number of fused-ring (bicyclic) bond motifs is 1. The maximum atomic E-state index is 5.84. The number of nitrogens with one attached hydrogen (secondary N) is 1. The SMILES string of the molecule is COc1ccc2c(c1)[C@@H](NCCc1ncc(C)s1)CCCO2. The summed E-state index contributed by atoms with van der Waals surface area (Å²) < 4.78 is 11.2. The number of benzene rings is 1. The summed E-state index contributed by atoms with van der Waals surface area (Å²) in [4.78, 5) is 5.69. The molecule has 0 saturated carbocycles. The summed E-state index contributed by atoms with van der Waals surface area (Å²) in [7, 11) is 1.70. The Kier molecular flexibility index (Phi) is 4.95. The highest BCUT2D eigenvalue weighted by Gasteiger charge is 2.20. The number of methoxy groups -OCH3 is 1. The molecule has 0 aliphatic carbocycles. The molecule has 2 aromatic rings. The number of hydrogen-bond donors (Lipinski definition) is 1. The smallest absolute Gasteiger partial charge is 0.124 e. The van der Waals surface area contributed by atoms with Crippen molar-refractivity contribution in [1.29, 1.82) is 0 Å². The first-order valence-electron chi connectivity index (χ1n) is 7.71. The van der Waals surface area contributed by atoms with Crippen molar-refractivity contribution in [2.45, 2.75) is 32.2 Å². The van der Waals surface area contributed by atoms with Gasteiger partial charge in [-0.15, -0.1) is 11.3 Å². The van der Waals surface area contributed by atoms with Crippen LogP contribution in [0, 0.1) is 6.92 Å². The van der Waals surface area contributed by atoms with Crippen LogP contribution in [0.5, 0.6) is 11.5 Å². The van der Waals surface area contributed by atoms with Gasteiger partial charge in [0.05, 0.1) is 18.7 Å². The van der Waals surface area contributed by atoms with E-state index in [1.807, 2.05) is 18.3 Å². The van der Waals surface area contributed by atoms with E-state index in [1.54, 1.807) is 18.4 Å². The molecule has 1 aliphatic rings. The molecule has 1 aliphatic heterocycles. The number of thiazole rings is 1. The second kappa shape index (κ2) is 7.11. The van der Waals surface area contributed by atoms with Crippen molar-refractivity contribution in [2.75, 3.05) is 20.3 Å². The minimum Gasteiger partial charge on any atom is -0.497 e. The Hall–Kier alpha value is -1.59. The van der Waals surface area contributed by atoms with Crippen LogP contribution in [-0.4, -0.2) is 25.2 Å². The first-order chi connectivity index (χ1) is 10.8. The Bertz CT molecular complexity index is 627. The normalized spacial score (nSPS) is 17.5. The molecule has 1 atom stereocenters. The zero-order valence-corrected chi connectivity index (χ0v) is 13.9. The molecule has 0 spiro atoms. The topological polar surface area (TPSA) is 43.4 Å². The van der Waals surface area contributed by atoms with E-state index >= 15 is 0 Å². The minimum atomic E-state index is 0.314. The summed E-state index contributed by atoms with van der Waals surface area (Å²) in [5.74, 6) is 1.85. The maximum absolute atomic E-state index is 5.84. The van der Waals surface area contributed by atoms with Crippen LogP contribution in [0.1, 0.15) is 34.3 Å². The largest absolute Gasteiger partial charge is 0.497 e. The zero-order chi connectivity index (χ0) is 15.4. The first kappa shape index (κ1) is 15.3. The lowest BCUT2D eigenvalue weighted by atomic mass is 10.0. The Morgan fingerprint density at radius 1 is 1.45 bits per heavy atom. The van der Waals surface area contributed by atoms with Crippen LogP contribution in [0.2, 0.25) is 0 Å². The fourth-order valence-electron chi connectivity index (χ4n) is 2.76. The van der Waals surface area contributed by atoms with Crippen molar-refractivity contribution in [2.24, 2.45) is 0 Å². The van der Waals surface area contributed by atoms with Gasteiger partial charge in [0.1, 0.15) is 11.5 Å². The third-order valence-electron chi connectivity index (χ3n) is 3.89. The Morgan fingerprint density at radius 3 is 3.14 bits per heavy atom. The highest BCUT2D eigenvalue weighted by molar-refractivity contribution is 7.11. The average Bonchev–Trinajstić information content (AvgIpc) is 2.84. The molecule has 0 fully saturated rings. The maximum Gasteiger partial charge on any atom is 0.124 e. The predicted molar refractivity (Wildman–Crippen MR) is 89.0 cm³/mol. The molecule has 1 N–H and O–H groups in total. The molecule has 0 amide bonds. The molecule has 0 unspecified atom stereocenters. The predicted octanol–water partition coefficient (Wildman–Crippen LogP) is 3.51. The van der Waals surface area contributed by atoms with E-state index in [0.717, 1.165) is 43.9 Å². The van der Waals surface area contributed by atoms with Gasteiger partial charge in [0.15, 0.2) is 0 Å². The first-order valence-corrected chi connectivity index (χ1v) is 8.53. The molecule has 118 valence electrons. The van der Waals surface area contributed by atoms with Crippen molar-refractivity contribution in [3.8, 4) is 11.5 Å². The van der Waals surface area contributed by atoms with Crippen LogP contribution in [0.3, 0.4) is 0 Å². The van der Waals surface area contributed by atoms with Crippen molar-refractivity contribution in [3.63, 3.8) is 0 Å². The van der Waals surface area contributed by atoms with Gasteiger partial charge in [-0.05, 0) is 38.0 Å². The van der Waals surface area contributed by atoms with Gasteiger partial charge in [-0.3, -0.25) is 0 Å². The summed E-state index contributed by atoms with van der Waals surface area (Å²) in [6.07, 6.45) is 5.05. The molecule has 1 aromatic heterocycles. The lowest BCUT2D eigenvalue weighted by molar-refractivity contribution is 0.314. The van der Waals surface area contributed by atoms with Crippen LogP contribution in [-0.2, 0) is 6.42 Å².